The van der Waals surface area contributed by atoms with Crippen LogP contribution in [-0.2, 0) is 20.9 Å². The van der Waals surface area contributed by atoms with Crippen LogP contribution >= 0.6 is 0 Å². The minimum absolute atomic E-state index is 0.0268. The number of esters is 1. The van der Waals surface area contributed by atoms with E-state index in [0.717, 1.165) is 7.11 Å². The van der Waals surface area contributed by atoms with Crippen LogP contribution in [0, 0.1) is 10.1 Å². The summed E-state index contributed by atoms with van der Waals surface area (Å²) < 4.78 is 5.77. The van der Waals surface area contributed by atoms with E-state index in [9.17, 15) is 19.7 Å². The summed E-state index contributed by atoms with van der Waals surface area (Å²) in [5, 5.41) is 21.6. The number of amides is 1. The van der Waals surface area contributed by atoms with E-state index in [1.54, 1.807) is 0 Å². The summed E-state index contributed by atoms with van der Waals surface area (Å²) in [6, 6.07) is -1.12. The van der Waals surface area contributed by atoms with E-state index in [1.165, 1.54) is 17.1 Å². The predicted octanol–water partition coefficient (Wildman–Crippen LogP) is -1.17. The van der Waals surface area contributed by atoms with Crippen LogP contribution < -0.4 is 5.32 Å². The molecule has 0 radical (unpaired) electrons. The Morgan fingerprint density at radius 1 is 1.65 bits per heavy atom. The number of aliphatic hydroxyl groups excluding tert-OH is 1. The van der Waals surface area contributed by atoms with Crippen molar-refractivity contribution in [2.45, 2.75) is 19.0 Å². The highest BCUT2D eigenvalue weighted by Crippen LogP contribution is 2.06. The fraction of sp³-hybridized carbons (Fsp3) is 0.500. The van der Waals surface area contributed by atoms with Gasteiger partial charge in [0.05, 0.1) is 13.7 Å². The minimum atomic E-state index is -1.12. The molecular weight excluding hydrogens is 272 g/mol. The number of carbonyl (C=O) groups is 2. The Hall–Kier alpha value is -2.49. The van der Waals surface area contributed by atoms with Gasteiger partial charge in [-0.1, -0.05) is 0 Å². The molecule has 0 saturated carbocycles. The zero-order chi connectivity index (χ0) is 15.1. The fourth-order valence-electron chi connectivity index (χ4n) is 1.38. The molecular formula is C10H14N4O6. The van der Waals surface area contributed by atoms with Crippen LogP contribution in [0.5, 0.6) is 0 Å². The van der Waals surface area contributed by atoms with Crippen molar-refractivity contribution in [3.05, 3.63) is 22.6 Å². The monoisotopic (exact) mass is 286 g/mol. The maximum Gasteiger partial charge on any atom is 0.381 e. The van der Waals surface area contributed by atoms with E-state index in [4.69, 9.17) is 5.11 Å². The second kappa shape index (κ2) is 7.19. The quantitative estimate of drug-likeness (QED) is 0.366. The molecule has 1 unspecified atom stereocenters. The first-order chi connectivity index (χ1) is 9.47. The first-order valence-electron chi connectivity index (χ1n) is 5.62. The van der Waals surface area contributed by atoms with Crippen molar-refractivity contribution in [1.29, 1.82) is 0 Å². The zero-order valence-electron chi connectivity index (χ0n) is 10.7. The maximum atomic E-state index is 11.5. The Bertz CT molecular complexity index is 500. The first-order valence-corrected chi connectivity index (χ1v) is 5.62. The number of imidazole rings is 1. The molecule has 0 aliphatic carbocycles. The summed E-state index contributed by atoms with van der Waals surface area (Å²) in [5.41, 5.74) is 0. The van der Waals surface area contributed by atoms with Gasteiger partial charge in [-0.2, -0.15) is 0 Å². The molecule has 1 atom stereocenters. The van der Waals surface area contributed by atoms with Crippen LogP contribution in [0.15, 0.2) is 12.5 Å². The predicted molar refractivity (Wildman–Crippen MR) is 64.5 cm³/mol. The summed E-state index contributed by atoms with van der Waals surface area (Å²) in [7, 11) is 1.14. The first kappa shape index (κ1) is 15.6. The summed E-state index contributed by atoms with van der Waals surface area (Å²) >= 11 is 0. The van der Waals surface area contributed by atoms with Gasteiger partial charge in [0.2, 0.25) is 12.2 Å². The number of carbonyl (C=O) groups excluding carboxylic acids is 2. The summed E-state index contributed by atoms with van der Waals surface area (Å²) in [6.07, 6.45) is 2.40. The Labute approximate surface area is 113 Å². The fourth-order valence-corrected chi connectivity index (χ4v) is 1.38. The number of nitro groups is 1. The highest BCUT2D eigenvalue weighted by molar-refractivity contribution is 5.84. The van der Waals surface area contributed by atoms with Gasteiger partial charge in [-0.3, -0.25) is 4.79 Å². The third-order valence-corrected chi connectivity index (χ3v) is 2.41. The van der Waals surface area contributed by atoms with Gasteiger partial charge in [0.15, 0.2) is 6.04 Å². The molecule has 0 bridgehead atoms. The molecule has 0 saturated heterocycles. The van der Waals surface area contributed by atoms with Gasteiger partial charge < -0.3 is 29.8 Å². The van der Waals surface area contributed by atoms with Crippen LogP contribution in [0.25, 0.3) is 0 Å². The van der Waals surface area contributed by atoms with Gasteiger partial charge in [-0.05, 0) is 9.91 Å². The number of aliphatic hydroxyl groups is 1. The highest BCUT2D eigenvalue weighted by atomic mass is 16.6. The van der Waals surface area contributed by atoms with E-state index >= 15 is 0 Å². The second-order valence-electron chi connectivity index (χ2n) is 3.80. The van der Waals surface area contributed by atoms with Crippen molar-refractivity contribution in [3.8, 4) is 0 Å². The molecule has 10 heteroatoms. The van der Waals surface area contributed by atoms with Crippen molar-refractivity contribution in [1.82, 2.24) is 14.9 Å². The van der Waals surface area contributed by atoms with Crippen LogP contribution in [0.3, 0.4) is 0 Å². The van der Waals surface area contributed by atoms with Crippen molar-refractivity contribution >= 4 is 17.7 Å². The van der Waals surface area contributed by atoms with E-state index in [-0.39, 0.29) is 18.8 Å². The third-order valence-electron chi connectivity index (χ3n) is 2.41. The number of hydrogen-bond donors (Lipinski definition) is 2. The second-order valence-corrected chi connectivity index (χ2v) is 3.80. The molecule has 1 heterocycles. The maximum absolute atomic E-state index is 11.5. The third kappa shape index (κ3) is 4.31. The number of aromatic nitrogens is 2. The Kier molecular flexibility index (Phi) is 5.59. The van der Waals surface area contributed by atoms with E-state index < -0.39 is 29.4 Å². The molecule has 0 aliphatic heterocycles. The molecule has 0 aliphatic rings. The van der Waals surface area contributed by atoms with Crippen molar-refractivity contribution < 1.29 is 24.4 Å². The number of nitrogens with one attached hydrogen (secondary N) is 1. The topological polar surface area (TPSA) is 137 Å². The highest BCUT2D eigenvalue weighted by Gasteiger charge is 2.20. The molecule has 1 amide bonds. The van der Waals surface area contributed by atoms with Gasteiger partial charge in [-0.15, -0.1) is 0 Å². The molecule has 1 rings (SSSR count). The lowest BCUT2D eigenvalue weighted by Crippen LogP contribution is -2.44. The van der Waals surface area contributed by atoms with Crippen LogP contribution in [0.1, 0.15) is 6.42 Å². The van der Waals surface area contributed by atoms with Crippen molar-refractivity contribution in [3.63, 3.8) is 0 Å². The minimum Gasteiger partial charge on any atom is -0.467 e. The lowest BCUT2D eigenvalue weighted by Gasteiger charge is -2.13. The average molecular weight is 286 g/mol. The summed E-state index contributed by atoms with van der Waals surface area (Å²) in [4.78, 5) is 36.0. The van der Waals surface area contributed by atoms with Crippen LogP contribution in [0.4, 0.5) is 5.82 Å². The van der Waals surface area contributed by atoms with E-state index in [0.29, 0.717) is 0 Å². The molecule has 0 aromatic carbocycles. The number of nitrogens with zero attached hydrogens (tertiary/aromatic N) is 3. The SMILES string of the molecule is COC(=O)C(CO)NC(=O)CCn1cnc([N+](=O)[O-])c1. The summed E-state index contributed by atoms with van der Waals surface area (Å²) in [5.74, 6) is -1.56. The molecule has 20 heavy (non-hydrogen) atoms. The van der Waals surface area contributed by atoms with Crippen LogP contribution in [0.2, 0.25) is 0 Å². The Balaban J connectivity index is 2.46. The van der Waals surface area contributed by atoms with Gasteiger partial charge in [0, 0.05) is 13.0 Å². The van der Waals surface area contributed by atoms with Gasteiger partial charge in [0.25, 0.3) is 0 Å². The molecule has 2 N–H and O–H groups in total. The number of hydrogen-bond acceptors (Lipinski definition) is 7. The largest absolute Gasteiger partial charge is 0.467 e. The van der Waals surface area contributed by atoms with Gasteiger partial charge in [0.1, 0.15) is 6.20 Å². The van der Waals surface area contributed by atoms with Crippen molar-refractivity contribution in [2.75, 3.05) is 13.7 Å². The molecule has 10 nitrogen and oxygen atoms in total. The Morgan fingerprint density at radius 3 is 2.85 bits per heavy atom. The molecule has 1 aromatic rings. The lowest BCUT2D eigenvalue weighted by atomic mass is 10.3. The normalized spacial score (nSPS) is 11.7. The number of methoxy groups -OCH3 is 1. The number of rotatable bonds is 7. The van der Waals surface area contributed by atoms with Crippen molar-refractivity contribution in [2.24, 2.45) is 0 Å². The Morgan fingerprint density at radius 2 is 2.35 bits per heavy atom. The molecule has 0 fully saturated rings. The number of ether oxygens (including phenoxy) is 1. The van der Waals surface area contributed by atoms with E-state index in [1.807, 2.05) is 0 Å². The average Bonchev–Trinajstić information content (AvgIpc) is 2.90. The van der Waals surface area contributed by atoms with Gasteiger partial charge >= 0.3 is 11.8 Å². The standard InChI is InChI=1S/C10H14N4O6/c1-20-10(17)7(5-15)12-9(16)2-3-13-4-8(11-6-13)14(18)19/h4,6-7,15H,2-3,5H2,1H3,(H,12,16). The van der Waals surface area contributed by atoms with E-state index in [2.05, 4.69) is 15.0 Å². The van der Waals surface area contributed by atoms with Gasteiger partial charge in [-0.25, -0.2) is 4.79 Å². The lowest BCUT2D eigenvalue weighted by molar-refractivity contribution is -0.389. The van der Waals surface area contributed by atoms with Crippen LogP contribution in [-0.4, -0.2) is 51.2 Å². The smallest absolute Gasteiger partial charge is 0.381 e. The molecule has 1 aromatic heterocycles. The molecule has 0 spiro atoms. The molecule has 110 valence electrons. The summed E-state index contributed by atoms with van der Waals surface area (Å²) in [6.45, 7) is -0.416. The zero-order valence-corrected chi connectivity index (χ0v) is 10.7. The number of aryl methyl sites for hydroxylation is 1.